The lowest BCUT2D eigenvalue weighted by Gasteiger charge is -2.04. The lowest BCUT2D eigenvalue weighted by atomic mass is 10.1. The zero-order valence-corrected chi connectivity index (χ0v) is 12.7. The number of carbonyl (C=O) groups is 1. The number of rotatable bonds is 4. The predicted molar refractivity (Wildman–Crippen MR) is 80.8 cm³/mol. The van der Waals surface area contributed by atoms with Crippen LogP contribution in [0.25, 0.3) is 17.0 Å². The summed E-state index contributed by atoms with van der Waals surface area (Å²) in [7, 11) is 2.77. The van der Waals surface area contributed by atoms with Crippen molar-refractivity contribution >= 4 is 23.1 Å². The Labute approximate surface area is 127 Å². The molecule has 5 nitrogen and oxygen atoms in total. The van der Waals surface area contributed by atoms with Crippen LogP contribution in [0, 0.1) is 6.92 Å². The number of ether oxygens (including phenoxy) is 2. The number of benzene rings is 1. The number of aromatic nitrogens is 2. The molecule has 0 saturated carbocycles. The van der Waals surface area contributed by atoms with Gasteiger partial charge in [-0.2, -0.15) is 0 Å². The third-order valence-corrected chi connectivity index (χ3v) is 3.19. The van der Waals surface area contributed by atoms with E-state index in [1.807, 2.05) is 19.1 Å². The summed E-state index contributed by atoms with van der Waals surface area (Å²) in [6.45, 7) is 1.94. The molecule has 0 unspecified atom stereocenters. The lowest BCUT2D eigenvalue weighted by Crippen LogP contribution is -2.04. The summed E-state index contributed by atoms with van der Waals surface area (Å²) in [6, 6.07) is 5.52. The molecule has 21 heavy (non-hydrogen) atoms. The number of methoxy groups -OCH3 is 2. The zero-order chi connectivity index (χ0) is 15.4. The van der Waals surface area contributed by atoms with Gasteiger partial charge in [-0.1, -0.05) is 11.6 Å². The Bertz CT molecular complexity index is 692. The van der Waals surface area contributed by atoms with E-state index in [1.165, 1.54) is 20.5 Å². The van der Waals surface area contributed by atoms with Crippen molar-refractivity contribution in [2.45, 2.75) is 6.92 Å². The Morgan fingerprint density at radius 2 is 2.14 bits per heavy atom. The normalized spacial score (nSPS) is 11.3. The summed E-state index contributed by atoms with van der Waals surface area (Å²) in [5, 5.41) is 0.664. The van der Waals surface area contributed by atoms with E-state index in [1.54, 1.807) is 12.3 Å². The zero-order valence-electron chi connectivity index (χ0n) is 11.9. The molecule has 0 bridgehead atoms. The fraction of sp³-hybridized carbons (Fsp3) is 0.200. The largest absolute Gasteiger partial charge is 0.503 e. The highest BCUT2D eigenvalue weighted by molar-refractivity contribution is 6.30. The predicted octanol–water partition coefficient (Wildman–Crippen LogP) is 3.20. The molecule has 0 fully saturated rings. The lowest BCUT2D eigenvalue weighted by molar-refractivity contribution is -0.133. The standard InChI is InChI=1S/C15H15ClN2O3/c1-9-6-10(16)4-5-11(9)14-17-7-13(18-14)12(8-20-2)15(19)21-3/h4-8H,1-3H3,(H,17,18). The molecular weight excluding hydrogens is 292 g/mol. The first-order valence-electron chi connectivity index (χ1n) is 6.20. The summed E-state index contributed by atoms with van der Waals surface area (Å²) in [6.07, 6.45) is 2.88. The van der Waals surface area contributed by atoms with Crippen molar-refractivity contribution < 1.29 is 14.3 Å². The summed E-state index contributed by atoms with van der Waals surface area (Å²) >= 11 is 5.94. The molecule has 1 aromatic heterocycles. The van der Waals surface area contributed by atoms with Gasteiger partial charge in [0.05, 0.1) is 32.4 Å². The van der Waals surface area contributed by atoms with Crippen LogP contribution < -0.4 is 0 Å². The fourth-order valence-electron chi connectivity index (χ4n) is 1.94. The Hall–Kier alpha value is -2.27. The molecule has 0 aliphatic rings. The molecule has 0 spiro atoms. The van der Waals surface area contributed by atoms with Crippen LogP contribution in [0.1, 0.15) is 11.3 Å². The molecule has 0 saturated heterocycles. The number of hydrogen-bond donors (Lipinski definition) is 1. The summed E-state index contributed by atoms with van der Waals surface area (Å²) in [5.74, 6) is 0.143. The number of H-pyrrole nitrogens is 1. The van der Waals surface area contributed by atoms with Gasteiger partial charge in [0, 0.05) is 10.6 Å². The van der Waals surface area contributed by atoms with Crippen molar-refractivity contribution in [1.29, 1.82) is 0 Å². The second kappa shape index (κ2) is 6.45. The maximum atomic E-state index is 11.7. The Morgan fingerprint density at radius 3 is 2.76 bits per heavy atom. The van der Waals surface area contributed by atoms with Gasteiger partial charge in [0.15, 0.2) is 0 Å². The number of halogens is 1. The minimum atomic E-state index is -0.500. The molecule has 0 radical (unpaired) electrons. The number of nitrogens with zero attached hydrogens (tertiary/aromatic N) is 1. The molecular formula is C15H15ClN2O3. The molecule has 0 aliphatic carbocycles. The molecule has 110 valence electrons. The number of carbonyl (C=O) groups excluding carboxylic acids is 1. The molecule has 0 atom stereocenters. The summed E-state index contributed by atoms with van der Waals surface area (Å²) in [4.78, 5) is 19.1. The van der Waals surface area contributed by atoms with Crippen molar-refractivity contribution in [3.05, 3.63) is 46.9 Å². The molecule has 1 N–H and O–H groups in total. The van der Waals surface area contributed by atoms with Crippen LogP contribution in [0.4, 0.5) is 0 Å². The topological polar surface area (TPSA) is 64.2 Å². The Balaban J connectivity index is 2.41. The van der Waals surface area contributed by atoms with Gasteiger partial charge in [0.1, 0.15) is 11.4 Å². The van der Waals surface area contributed by atoms with E-state index in [4.69, 9.17) is 21.1 Å². The Kier molecular flexibility index (Phi) is 4.65. The van der Waals surface area contributed by atoms with Crippen molar-refractivity contribution in [2.24, 2.45) is 0 Å². The van der Waals surface area contributed by atoms with Crippen molar-refractivity contribution in [1.82, 2.24) is 9.97 Å². The number of aryl methyl sites for hydroxylation is 1. The van der Waals surface area contributed by atoms with Gasteiger partial charge < -0.3 is 14.5 Å². The first-order chi connectivity index (χ1) is 10.1. The van der Waals surface area contributed by atoms with Crippen LogP contribution in [0.3, 0.4) is 0 Å². The maximum Gasteiger partial charge on any atom is 0.343 e. The second-order valence-corrected chi connectivity index (χ2v) is 4.80. The SMILES string of the molecule is COC=C(C(=O)OC)c1cnc(-c2ccc(Cl)cc2C)[nH]1. The average molecular weight is 307 g/mol. The molecule has 6 heteroatoms. The van der Waals surface area contributed by atoms with E-state index in [2.05, 4.69) is 9.97 Å². The molecule has 1 heterocycles. The number of hydrogen-bond acceptors (Lipinski definition) is 4. The number of esters is 1. The monoisotopic (exact) mass is 306 g/mol. The second-order valence-electron chi connectivity index (χ2n) is 4.36. The van der Waals surface area contributed by atoms with Gasteiger partial charge in [0.2, 0.25) is 0 Å². The number of aromatic amines is 1. The molecule has 2 rings (SSSR count). The maximum absolute atomic E-state index is 11.7. The van der Waals surface area contributed by atoms with E-state index in [9.17, 15) is 4.79 Å². The highest BCUT2D eigenvalue weighted by atomic mass is 35.5. The number of nitrogens with one attached hydrogen (secondary N) is 1. The van der Waals surface area contributed by atoms with Gasteiger partial charge in [-0.05, 0) is 30.7 Å². The van der Waals surface area contributed by atoms with E-state index >= 15 is 0 Å². The van der Waals surface area contributed by atoms with Gasteiger partial charge in [0.25, 0.3) is 0 Å². The molecule has 0 aliphatic heterocycles. The van der Waals surface area contributed by atoms with Gasteiger partial charge in [-0.25, -0.2) is 9.78 Å². The third kappa shape index (κ3) is 3.25. The fourth-order valence-corrected chi connectivity index (χ4v) is 2.16. The van der Waals surface area contributed by atoms with E-state index in [-0.39, 0.29) is 5.57 Å². The van der Waals surface area contributed by atoms with Crippen LogP contribution in [0.2, 0.25) is 5.02 Å². The van der Waals surface area contributed by atoms with E-state index < -0.39 is 5.97 Å². The van der Waals surface area contributed by atoms with E-state index in [0.717, 1.165) is 11.1 Å². The van der Waals surface area contributed by atoms with Crippen molar-refractivity contribution in [2.75, 3.05) is 14.2 Å². The van der Waals surface area contributed by atoms with Crippen LogP contribution in [-0.4, -0.2) is 30.2 Å². The smallest absolute Gasteiger partial charge is 0.343 e. The molecule has 2 aromatic rings. The van der Waals surface area contributed by atoms with Gasteiger partial charge in [-0.3, -0.25) is 0 Å². The molecule has 0 amide bonds. The van der Waals surface area contributed by atoms with Crippen LogP contribution in [0.5, 0.6) is 0 Å². The van der Waals surface area contributed by atoms with Crippen LogP contribution in [-0.2, 0) is 14.3 Å². The van der Waals surface area contributed by atoms with Crippen molar-refractivity contribution in [3.8, 4) is 11.4 Å². The summed E-state index contributed by atoms with van der Waals surface area (Å²) < 4.78 is 9.63. The molecule has 1 aromatic carbocycles. The van der Waals surface area contributed by atoms with Gasteiger partial charge in [-0.15, -0.1) is 0 Å². The number of imidazole rings is 1. The minimum Gasteiger partial charge on any atom is -0.503 e. The Morgan fingerprint density at radius 1 is 1.38 bits per heavy atom. The van der Waals surface area contributed by atoms with Crippen molar-refractivity contribution in [3.63, 3.8) is 0 Å². The minimum absolute atomic E-state index is 0.269. The quantitative estimate of drug-likeness (QED) is 0.535. The highest BCUT2D eigenvalue weighted by Crippen LogP contribution is 2.25. The summed E-state index contributed by atoms with van der Waals surface area (Å²) in [5.41, 5.74) is 2.68. The average Bonchev–Trinajstić information content (AvgIpc) is 2.93. The van der Waals surface area contributed by atoms with Crippen LogP contribution >= 0.6 is 11.6 Å². The first kappa shape index (κ1) is 15.1. The first-order valence-corrected chi connectivity index (χ1v) is 6.57. The van der Waals surface area contributed by atoms with E-state index in [0.29, 0.717) is 16.5 Å². The highest BCUT2D eigenvalue weighted by Gasteiger charge is 2.16. The van der Waals surface area contributed by atoms with Crippen LogP contribution in [0.15, 0.2) is 30.7 Å². The third-order valence-electron chi connectivity index (χ3n) is 2.95. The van der Waals surface area contributed by atoms with Gasteiger partial charge >= 0.3 is 5.97 Å².